The van der Waals surface area contributed by atoms with Gasteiger partial charge in [-0.15, -0.1) is 0 Å². The lowest BCUT2D eigenvalue weighted by atomic mass is 10.1. The standard InChI is InChI=1S/C30H27F3N4O2/c1-19-3-10-24(11-4-19)37-20(2)25(18-28(37)21-5-7-22(31)8-6-21)29(38)35-13-15-36(16-14-35)30(39)34-23-9-12-26(32)27(33)17-23/h3-12,17-18H,13-16H2,1-2H3,(H,34,39). The number of carbonyl (C=O) groups is 2. The number of urea groups is 1. The summed E-state index contributed by atoms with van der Waals surface area (Å²) in [5, 5.41) is 2.57. The molecule has 1 saturated heterocycles. The van der Waals surface area contributed by atoms with E-state index in [9.17, 15) is 22.8 Å². The lowest BCUT2D eigenvalue weighted by Crippen LogP contribution is -2.51. The number of halogens is 3. The van der Waals surface area contributed by atoms with Gasteiger partial charge in [-0.3, -0.25) is 4.79 Å². The number of aromatic nitrogens is 1. The normalized spacial score (nSPS) is 13.5. The van der Waals surface area contributed by atoms with Crippen molar-refractivity contribution in [1.82, 2.24) is 14.4 Å². The van der Waals surface area contributed by atoms with Crippen LogP contribution >= 0.6 is 0 Å². The van der Waals surface area contributed by atoms with Gasteiger partial charge >= 0.3 is 6.03 Å². The van der Waals surface area contributed by atoms with Crippen LogP contribution in [0, 0.1) is 31.3 Å². The van der Waals surface area contributed by atoms with Gasteiger partial charge < -0.3 is 19.7 Å². The maximum absolute atomic E-state index is 13.7. The quantitative estimate of drug-likeness (QED) is 0.342. The van der Waals surface area contributed by atoms with Gasteiger partial charge in [-0.2, -0.15) is 0 Å². The number of nitrogens with zero attached hydrogens (tertiary/aromatic N) is 3. The van der Waals surface area contributed by atoms with E-state index in [1.54, 1.807) is 17.0 Å². The van der Waals surface area contributed by atoms with Gasteiger partial charge in [0.1, 0.15) is 5.82 Å². The molecule has 0 saturated carbocycles. The maximum atomic E-state index is 13.7. The Kier molecular flexibility index (Phi) is 7.15. The second-order valence-electron chi connectivity index (χ2n) is 9.54. The first-order valence-corrected chi connectivity index (χ1v) is 12.6. The highest BCUT2D eigenvalue weighted by Gasteiger charge is 2.28. The van der Waals surface area contributed by atoms with Crippen molar-refractivity contribution >= 4 is 17.6 Å². The van der Waals surface area contributed by atoms with E-state index in [0.29, 0.717) is 18.7 Å². The molecule has 0 bridgehead atoms. The first kappa shape index (κ1) is 26.1. The topological polar surface area (TPSA) is 57.6 Å². The van der Waals surface area contributed by atoms with Gasteiger partial charge in [-0.1, -0.05) is 17.7 Å². The van der Waals surface area contributed by atoms with Crippen molar-refractivity contribution in [2.24, 2.45) is 0 Å². The van der Waals surface area contributed by atoms with Crippen LogP contribution in [-0.2, 0) is 0 Å². The van der Waals surface area contributed by atoms with E-state index < -0.39 is 17.7 Å². The molecule has 1 aliphatic rings. The fourth-order valence-electron chi connectivity index (χ4n) is 4.74. The highest BCUT2D eigenvalue weighted by Crippen LogP contribution is 2.31. The van der Waals surface area contributed by atoms with Crippen LogP contribution in [0.3, 0.4) is 0 Å². The summed E-state index contributed by atoms with van der Waals surface area (Å²) in [6.45, 7) is 5.06. The molecule has 39 heavy (non-hydrogen) atoms. The molecule has 1 fully saturated rings. The van der Waals surface area contributed by atoms with Crippen LogP contribution in [0.15, 0.2) is 72.8 Å². The summed E-state index contributed by atoms with van der Waals surface area (Å²) in [6, 6.07) is 18.6. The van der Waals surface area contributed by atoms with Crippen LogP contribution in [0.5, 0.6) is 0 Å². The van der Waals surface area contributed by atoms with Crippen LogP contribution in [0.25, 0.3) is 16.9 Å². The number of nitrogens with one attached hydrogen (secondary N) is 1. The molecule has 0 spiro atoms. The lowest BCUT2D eigenvalue weighted by Gasteiger charge is -2.34. The smallest absolute Gasteiger partial charge is 0.321 e. The molecule has 0 aliphatic carbocycles. The molecule has 2 heterocycles. The Labute approximate surface area is 224 Å². The molecule has 6 nitrogen and oxygen atoms in total. The van der Waals surface area contributed by atoms with Gasteiger partial charge in [0.25, 0.3) is 5.91 Å². The van der Waals surface area contributed by atoms with Crippen LogP contribution in [0.1, 0.15) is 21.6 Å². The van der Waals surface area contributed by atoms with Crippen LogP contribution in [-0.4, -0.2) is 52.5 Å². The Morgan fingerprint density at radius 1 is 0.744 bits per heavy atom. The van der Waals surface area contributed by atoms with Crippen LogP contribution in [0.4, 0.5) is 23.7 Å². The van der Waals surface area contributed by atoms with Crippen molar-refractivity contribution in [3.05, 3.63) is 107 Å². The second kappa shape index (κ2) is 10.7. The minimum atomic E-state index is -1.05. The highest BCUT2D eigenvalue weighted by atomic mass is 19.2. The minimum absolute atomic E-state index is 0.152. The summed E-state index contributed by atoms with van der Waals surface area (Å²) in [5.41, 5.74) is 4.96. The number of anilines is 1. The Morgan fingerprint density at radius 2 is 1.38 bits per heavy atom. The molecule has 3 aromatic carbocycles. The fraction of sp³-hybridized carbons (Fsp3) is 0.200. The molecule has 3 amide bonds. The van der Waals surface area contributed by atoms with E-state index in [2.05, 4.69) is 5.32 Å². The third-order valence-electron chi connectivity index (χ3n) is 6.93. The minimum Gasteiger partial charge on any atom is -0.335 e. The van der Waals surface area contributed by atoms with Crippen LogP contribution in [0.2, 0.25) is 0 Å². The van der Waals surface area contributed by atoms with E-state index in [1.165, 1.54) is 23.1 Å². The first-order chi connectivity index (χ1) is 18.7. The zero-order valence-electron chi connectivity index (χ0n) is 21.5. The molecule has 5 rings (SSSR count). The van der Waals surface area contributed by atoms with Crippen molar-refractivity contribution in [2.45, 2.75) is 13.8 Å². The lowest BCUT2D eigenvalue weighted by molar-refractivity contribution is 0.0671. The third-order valence-corrected chi connectivity index (χ3v) is 6.93. The van der Waals surface area contributed by atoms with Crippen molar-refractivity contribution in [3.8, 4) is 16.9 Å². The van der Waals surface area contributed by atoms with Crippen molar-refractivity contribution < 1.29 is 22.8 Å². The summed E-state index contributed by atoms with van der Waals surface area (Å²) >= 11 is 0. The molecule has 0 atom stereocenters. The van der Waals surface area contributed by atoms with Crippen molar-refractivity contribution in [3.63, 3.8) is 0 Å². The Morgan fingerprint density at radius 3 is 2.03 bits per heavy atom. The molecule has 1 N–H and O–H groups in total. The molecule has 4 aromatic rings. The van der Waals surface area contributed by atoms with Gasteiger partial charge in [0, 0.05) is 49.3 Å². The summed E-state index contributed by atoms with van der Waals surface area (Å²) in [5.74, 6) is -2.54. The molecular formula is C30H27F3N4O2. The average Bonchev–Trinajstić information content (AvgIpc) is 3.28. The Bertz CT molecular complexity index is 1520. The summed E-state index contributed by atoms with van der Waals surface area (Å²) in [4.78, 5) is 29.5. The molecule has 1 aromatic heterocycles. The zero-order valence-corrected chi connectivity index (χ0v) is 21.5. The number of aryl methyl sites for hydroxylation is 1. The van der Waals surface area contributed by atoms with Gasteiger partial charge in [0.2, 0.25) is 0 Å². The van der Waals surface area contributed by atoms with Gasteiger partial charge in [0.15, 0.2) is 11.6 Å². The van der Waals surface area contributed by atoms with E-state index in [-0.39, 0.29) is 30.5 Å². The van der Waals surface area contributed by atoms with E-state index in [0.717, 1.165) is 40.3 Å². The SMILES string of the molecule is Cc1ccc(-n2c(-c3ccc(F)cc3)cc(C(=O)N3CCN(C(=O)Nc4ccc(F)c(F)c4)CC3)c2C)cc1. The highest BCUT2D eigenvalue weighted by molar-refractivity contribution is 5.97. The molecule has 9 heteroatoms. The molecule has 0 unspecified atom stereocenters. The molecule has 1 aliphatic heterocycles. The number of benzene rings is 3. The monoisotopic (exact) mass is 532 g/mol. The Hall–Kier alpha value is -4.53. The first-order valence-electron chi connectivity index (χ1n) is 12.6. The van der Waals surface area contributed by atoms with E-state index >= 15 is 0 Å². The van der Waals surface area contributed by atoms with Gasteiger partial charge in [0.05, 0.1) is 11.3 Å². The zero-order chi connectivity index (χ0) is 27.7. The van der Waals surface area contributed by atoms with Gasteiger partial charge in [-0.05, 0) is 74.0 Å². The predicted molar refractivity (Wildman–Crippen MR) is 143 cm³/mol. The average molecular weight is 533 g/mol. The summed E-state index contributed by atoms with van der Waals surface area (Å²) in [6.07, 6.45) is 0. The second-order valence-corrected chi connectivity index (χ2v) is 9.54. The largest absolute Gasteiger partial charge is 0.335 e. The van der Waals surface area contributed by atoms with Crippen LogP contribution < -0.4 is 5.32 Å². The molecule has 0 radical (unpaired) electrons. The number of hydrogen-bond acceptors (Lipinski definition) is 2. The summed E-state index contributed by atoms with van der Waals surface area (Å²) in [7, 11) is 0. The number of piperazine rings is 1. The van der Waals surface area contributed by atoms with Crippen molar-refractivity contribution in [1.29, 1.82) is 0 Å². The molecule has 200 valence electrons. The van der Waals surface area contributed by atoms with E-state index in [4.69, 9.17) is 0 Å². The number of amides is 3. The third kappa shape index (κ3) is 5.38. The number of hydrogen-bond donors (Lipinski definition) is 1. The molecular weight excluding hydrogens is 505 g/mol. The maximum Gasteiger partial charge on any atom is 0.321 e. The number of carbonyl (C=O) groups excluding carboxylic acids is 2. The Balaban J connectivity index is 1.35. The van der Waals surface area contributed by atoms with E-state index in [1.807, 2.05) is 48.7 Å². The van der Waals surface area contributed by atoms with Crippen molar-refractivity contribution in [2.75, 3.05) is 31.5 Å². The summed E-state index contributed by atoms with van der Waals surface area (Å²) < 4.78 is 42.3. The number of rotatable bonds is 4. The fourth-order valence-corrected chi connectivity index (χ4v) is 4.74. The predicted octanol–water partition coefficient (Wildman–Crippen LogP) is 6.17. The van der Waals surface area contributed by atoms with Gasteiger partial charge in [-0.25, -0.2) is 18.0 Å².